The fourth-order valence-electron chi connectivity index (χ4n) is 3.78. The minimum Gasteiger partial charge on any atom is -0.497 e. The summed E-state index contributed by atoms with van der Waals surface area (Å²) in [6.07, 6.45) is 3.01. The van der Waals surface area contributed by atoms with Crippen LogP contribution in [0.1, 0.15) is 16.9 Å². The summed E-state index contributed by atoms with van der Waals surface area (Å²) in [5, 5.41) is 4.10. The Kier molecular flexibility index (Phi) is 7.02. The number of thioether (sulfide) groups is 1. The molecule has 32 heavy (non-hydrogen) atoms. The first-order valence-corrected chi connectivity index (χ1v) is 12.0. The second-order valence-corrected chi connectivity index (χ2v) is 9.31. The Morgan fingerprint density at radius 3 is 2.84 bits per heavy atom. The number of amides is 1. The van der Waals surface area contributed by atoms with Gasteiger partial charge in [0.25, 0.3) is 5.56 Å². The summed E-state index contributed by atoms with van der Waals surface area (Å²) in [6.45, 7) is 0.775. The number of rotatable bonds is 9. The number of thiophene rings is 1. The molecule has 0 saturated carbocycles. The van der Waals surface area contributed by atoms with E-state index in [1.165, 1.54) is 23.7 Å². The molecule has 1 aromatic carbocycles. The molecule has 8 nitrogen and oxygen atoms in total. The van der Waals surface area contributed by atoms with Crippen LogP contribution in [0.5, 0.6) is 11.5 Å². The van der Waals surface area contributed by atoms with Gasteiger partial charge < -0.3 is 19.5 Å². The molecule has 0 atom stereocenters. The van der Waals surface area contributed by atoms with E-state index in [2.05, 4.69) is 5.32 Å². The maximum atomic E-state index is 13.3. The van der Waals surface area contributed by atoms with Gasteiger partial charge in [0.1, 0.15) is 16.3 Å². The summed E-state index contributed by atoms with van der Waals surface area (Å²) in [4.78, 5) is 32.7. The molecule has 0 radical (unpaired) electrons. The molecule has 10 heteroatoms. The second kappa shape index (κ2) is 9.93. The maximum Gasteiger partial charge on any atom is 0.263 e. The molecule has 0 saturated heterocycles. The van der Waals surface area contributed by atoms with Crippen LogP contribution in [0, 0.1) is 0 Å². The van der Waals surface area contributed by atoms with Crippen LogP contribution in [0.3, 0.4) is 0 Å². The zero-order chi connectivity index (χ0) is 22.7. The average Bonchev–Trinajstić information content (AvgIpc) is 3.38. The standard InChI is InChI=1S/C22H25N3O5S2/c1-28-10-9-25-21(27)19-14-5-4-6-17(14)32-20(19)24-22(25)31-12-18(26)23-15-11-13(29-2)7-8-16(15)30-3/h7-8,11H,4-6,9-10,12H2,1-3H3,(H,23,26). The minimum atomic E-state index is -0.233. The smallest absolute Gasteiger partial charge is 0.263 e. The molecule has 2 aromatic heterocycles. The summed E-state index contributed by atoms with van der Waals surface area (Å²) in [6, 6.07) is 5.19. The number of fused-ring (bicyclic) bond motifs is 3. The molecule has 4 rings (SSSR count). The second-order valence-electron chi connectivity index (χ2n) is 7.28. The van der Waals surface area contributed by atoms with Gasteiger partial charge in [-0.15, -0.1) is 11.3 Å². The third-order valence-corrected chi connectivity index (χ3v) is 7.48. The SMILES string of the molecule is COCCn1c(SCC(=O)Nc2cc(OC)ccc2OC)nc2sc3c(c2c1=O)CCC3. The first-order valence-electron chi connectivity index (χ1n) is 10.2. The lowest BCUT2D eigenvalue weighted by molar-refractivity contribution is -0.113. The Hall–Kier alpha value is -2.56. The summed E-state index contributed by atoms with van der Waals surface area (Å²) in [5.74, 6) is 1.01. The van der Waals surface area contributed by atoms with E-state index >= 15 is 0 Å². The highest BCUT2D eigenvalue weighted by Crippen LogP contribution is 2.35. The zero-order valence-electron chi connectivity index (χ0n) is 18.2. The monoisotopic (exact) mass is 475 g/mol. The van der Waals surface area contributed by atoms with Crippen LogP contribution in [0.2, 0.25) is 0 Å². The number of benzene rings is 1. The number of carbonyl (C=O) groups is 1. The van der Waals surface area contributed by atoms with Crippen LogP contribution in [-0.4, -0.2) is 49.1 Å². The van der Waals surface area contributed by atoms with Crippen molar-refractivity contribution in [2.75, 3.05) is 39.0 Å². The summed E-state index contributed by atoms with van der Waals surface area (Å²) in [7, 11) is 4.70. The van der Waals surface area contributed by atoms with Crippen LogP contribution in [0.15, 0.2) is 28.2 Å². The van der Waals surface area contributed by atoms with Crippen molar-refractivity contribution in [2.24, 2.45) is 0 Å². The first kappa shape index (κ1) is 22.6. The van der Waals surface area contributed by atoms with Gasteiger partial charge in [0.2, 0.25) is 5.91 Å². The van der Waals surface area contributed by atoms with Gasteiger partial charge in [-0.2, -0.15) is 0 Å². The molecule has 1 N–H and O–H groups in total. The third kappa shape index (κ3) is 4.48. The highest BCUT2D eigenvalue weighted by molar-refractivity contribution is 7.99. The van der Waals surface area contributed by atoms with Crippen LogP contribution in [-0.2, 0) is 28.9 Å². The maximum absolute atomic E-state index is 13.3. The van der Waals surface area contributed by atoms with Crippen molar-refractivity contribution in [1.29, 1.82) is 0 Å². The van der Waals surface area contributed by atoms with E-state index in [9.17, 15) is 9.59 Å². The average molecular weight is 476 g/mol. The zero-order valence-corrected chi connectivity index (χ0v) is 19.9. The van der Waals surface area contributed by atoms with E-state index < -0.39 is 0 Å². The number of anilines is 1. The van der Waals surface area contributed by atoms with E-state index in [1.54, 1.807) is 48.3 Å². The van der Waals surface area contributed by atoms with Crippen molar-refractivity contribution in [3.63, 3.8) is 0 Å². The fraction of sp³-hybridized carbons (Fsp3) is 0.409. The molecule has 1 aliphatic carbocycles. The Bertz CT molecular complexity index is 1200. The molecule has 1 aliphatic rings. The van der Waals surface area contributed by atoms with Crippen molar-refractivity contribution in [3.8, 4) is 11.5 Å². The molecule has 2 heterocycles. The van der Waals surface area contributed by atoms with Gasteiger partial charge in [-0.3, -0.25) is 14.2 Å². The minimum absolute atomic E-state index is 0.0520. The van der Waals surface area contributed by atoms with Crippen molar-refractivity contribution in [3.05, 3.63) is 39.0 Å². The topological polar surface area (TPSA) is 91.7 Å². The van der Waals surface area contributed by atoms with Gasteiger partial charge in [0.05, 0.1) is 44.2 Å². The van der Waals surface area contributed by atoms with Crippen LogP contribution in [0.25, 0.3) is 10.2 Å². The van der Waals surface area contributed by atoms with Gasteiger partial charge in [0.15, 0.2) is 5.16 Å². The van der Waals surface area contributed by atoms with E-state index in [0.717, 1.165) is 35.0 Å². The van der Waals surface area contributed by atoms with E-state index in [4.69, 9.17) is 19.2 Å². The normalized spacial score (nSPS) is 12.7. The molecule has 0 fully saturated rings. The van der Waals surface area contributed by atoms with Crippen molar-refractivity contribution < 1.29 is 19.0 Å². The number of aryl methyl sites for hydroxylation is 2. The Morgan fingerprint density at radius 1 is 1.25 bits per heavy atom. The van der Waals surface area contributed by atoms with Crippen molar-refractivity contribution >= 4 is 44.9 Å². The van der Waals surface area contributed by atoms with Gasteiger partial charge in [-0.1, -0.05) is 11.8 Å². The van der Waals surface area contributed by atoms with Crippen LogP contribution < -0.4 is 20.3 Å². The molecule has 0 aliphatic heterocycles. The van der Waals surface area contributed by atoms with E-state index in [1.807, 2.05) is 0 Å². The number of methoxy groups -OCH3 is 3. The number of hydrogen-bond donors (Lipinski definition) is 1. The number of ether oxygens (including phenoxy) is 3. The molecule has 0 spiro atoms. The van der Waals surface area contributed by atoms with Crippen molar-refractivity contribution in [1.82, 2.24) is 9.55 Å². The fourth-order valence-corrected chi connectivity index (χ4v) is 5.90. The van der Waals surface area contributed by atoms with Gasteiger partial charge in [-0.05, 0) is 37.0 Å². The predicted octanol–water partition coefficient (Wildman–Crippen LogP) is 3.34. The van der Waals surface area contributed by atoms with Gasteiger partial charge in [-0.25, -0.2) is 4.98 Å². The molecule has 1 amide bonds. The first-order chi connectivity index (χ1) is 15.5. The van der Waals surface area contributed by atoms with Gasteiger partial charge >= 0.3 is 0 Å². The number of nitrogens with zero attached hydrogens (tertiary/aromatic N) is 2. The van der Waals surface area contributed by atoms with E-state index in [-0.39, 0.29) is 17.2 Å². The lowest BCUT2D eigenvalue weighted by Crippen LogP contribution is -2.26. The highest BCUT2D eigenvalue weighted by atomic mass is 32.2. The molecule has 0 bridgehead atoms. The third-order valence-electron chi connectivity index (χ3n) is 5.32. The van der Waals surface area contributed by atoms with Crippen molar-refractivity contribution in [2.45, 2.75) is 31.0 Å². The number of nitrogens with one attached hydrogen (secondary N) is 1. The Morgan fingerprint density at radius 2 is 2.09 bits per heavy atom. The lowest BCUT2D eigenvalue weighted by atomic mass is 10.2. The quantitative estimate of drug-likeness (QED) is 0.375. The predicted molar refractivity (Wildman–Crippen MR) is 127 cm³/mol. The van der Waals surface area contributed by atoms with Crippen LogP contribution in [0.4, 0.5) is 5.69 Å². The molecular weight excluding hydrogens is 450 g/mol. The number of aromatic nitrogens is 2. The summed E-state index contributed by atoms with van der Waals surface area (Å²) < 4.78 is 17.4. The molecule has 3 aromatic rings. The largest absolute Gasteiger partial charge is 0.497 e. The Labute approximate surface area is 193 Å². The number of carbonyl (C=O) groups excluding carboxylic acids is 1. The van der Waals surface area contributed by atoms with Crippen LogP contribution >= 0.6 is 23.1 Å². The summed E-state index contributed by atoms with van der Waals surface area (Å²) >= 11 is 2.83. The lowest BCUT2D eigenvalue weighted by Gasteiger charge is -2.13. The molecule has 170 valence electrons. The molecular formula is C22H25N3O5S2. The van der Waals surface area contributed by atoms with E-state index in [0.29, 0.717) is 35.5 Å². The number of hydrogen-bond acceptors (Lipinski definition) is 8. The highest BCUT2D eigenvalue weighted by Gasteiger charge is 2.23. The molecule has 0 unspecified atom stereocenters. The Balaban J connectivity index is 1.57. The summed E-state index contributed by atoms with van der Waals surface area (Å²) in [5.41, 5.74) is 1.62. The van der Waals surface area contributed by atoms with Gasteiger partial charge in [0, 0.05) is 18.1 Å².